The number of halogens is 1. The van der Waals surface area contributed by atoms with Gasteiger partial charge in [0.05, 0.1) is 25.6 Å². The quantitative estimate of drug-likeness (QED) is 0.332. The molecule has 0 radical (unpaired) electrons. The van der Waals surface area contributed by atoms with Crippen LogP contribution in [0.2, 0.25) is 0 Å². The lowest BCUT2D eigenvalue weighted by Crippen LogP contribution is -2.17. The fourth-order valence-corrected chi connectivity index (χ4v) is 3.59. The molecule has 2 N–H and O–H groups in total. The summed E-state index contributed by atoms with van der Waals surface area (Å²) in [7, 11) is 2.64. The zero-order valence-corrected chi connectivity index (χ0v) is 19.9. The smallest absolute Gasteiger partial charge is 0.255 e. The Balaban J connectivity index is 1.52. The molecule has 0 aliphatic heterocycles. The number of nitrogens with one attached hydrogen (secondary N) is 2. The number of nitrogens with zero attached hydrogens (tertiary/aromatic N) is 1. The fraction of sp³-hybridized carbons (Fsp3) is 0.0714. The lowest BCUT2D eigenvalue weighted by Gasteiger charge is -2.13. The third kappa shape index (κ3) is 5.46. The van der Waals surface area contributed by atoms with Crippen molar-refractivity contribution < 1.29 is 28.2 Å². The molecule has 0 bridgehead atoms. The average molecular weight is 499 g/mol. The third-order valence-corrected chi connectivity index (χ3v) is 5.51. The van der Waals surface area contributed by atoms with Crippen molar-refractivity contribution in [2.24, 2.45) is 0 Å². The molecule has 37 heavy (non-hydrogen) atoms. The van der Waals surface area contributed by atoms with Crippen molar-refractivity contribution in [1.29, 1.82) is 0 Å². The number of ketones is 1. The van der Waals surface area contributed by atoms with Crippen LogP contribution < -0.4 is 20.1 Å². The summed E-state index contributed by atoms with van der Waals surface area (Å²) in [6.45, 7) is 0. The second-order valence-electron chi connectivity index (χ2n) is 7.76. The number of hydrogen-bond acceptors (Lipinski definition) is 6. The first kappa shape index (κ1) is 25.1. The zero-order chi connectivity index (χ0) is 26.4. The zero-order valence-electron chi connectivity index (χ0n) is 19.9. The Morgan fingerprint density at radius 2 is 1.16 bits per heavy atom. The summed E-state index contributed by atoms with van der Waals surface area (Å²) >= 11 is 0. The van der Waals surface area contributed by atoms with Gasteiger partial charge in [0.15, 0.2) is 17.3 Å². The molecule has 3 aromatic carbocycles. The summed E-state index contributed by atoms with van der Waals surface area (Å²) in [4.78, 5) is 42.3. The van der Waals surface area contributed by atoms with Gasteiger partial charge in [-0.25, -0.2) is 4.39 Å². The van der Waals surface area contributed by atoms with E-state index >= 15 is 0 Å². The molecule has 4 aromatic rings. The Labute approximate surface area is 212 Å². The van der Waals surface area contributed by atoms with Gasteiger partial charge in [-0.15, -0.1) is 0 Å². The third-order valence-electron chi connectivity index (χ3n) is 5.51. The summed E-state index contributed by atoms with van der Waals surface area (Å²) in [5.74, 6) is -2.30. The maximum atomic E-state index is 14.8. The first-order valence-electron chi connectivity index (χ1n) is 11.1. The summed E-state index contributed by atoms with van der Waals surface area (Å²) in [6, 6.07) is 18.5. The molecule has 1 aromatic heterocycles. The second-order valence-corrected chi connectivity index (χ2v) is 7.76. The van der Waals surface area contributed by atoms with E-state index in [1.165, 1.54) is 63.0 Å². The van der Waals surface area contributed by atoms with E-state index in [1.807, 2.05) is 0 Å². The van der Waals surface area contributed by atoms with Gasteiger partial charge in [0.25, 0.3) is 11.8 Å². The SMILES string of the molecule is COc1ccc(OC)c(C(=O)c2ccc(C(=O)Nc3ccccc3NC(=O)c3ccncc3)cc2)c1F. The molecule has 0 spiro atoms. The van der Waals surface area contributed by atoms with Crippen LogP contribution in [0.1, 0.15) is 36.6 Å². The normalized spacial score (nSPS) is 10.4. The van der Waals surface area contributed by atoms with Gasteiger partial charge in [0, 0.05) is 29.1 Å². The van der Waals surface area contributed by atoms with Gasteiger partial charge in [-0.05, 0) is 48.5 Å². The number of anilines is 2. The first-order valence-corrected chi connectivity index (χ1v) is 11.1. The highest BCUT2D eigenvalue weighted by Crippen LogP contribution is 2.31. The lowest BCUT2D eigenvalue weighted by molar-refractivity contribution is 0.101. The van der Waals surface area contributed by atoms with Crippen molar-refractivity contribution in [3.8, 4) is 11.5 Å². The van der Waals surface area contributed by atoms with Crippen molar-refractivity contribution >= 4 is 29.0 Å². The highest BCUT2D eigenvalue weighted by molar-refractivity contribution is 6.13. The van der Waals surface area contributed by atoms with E-state index < -0.39 is 17.5 Å². The van der Waals surface area contributed by atoms with E-state index in [-0.39, 0.29) is 34.1 Å². The van der Waals surface area contributed by atoms with Crippen LogP contribution in [0.15, 0.2) is 85.2 Å². The molecule has 1 heterocycles. The van der Waals surface area contributed by atoms with Gasteiger partial charge in [-0.1, -0.05) is 24.3 Å². The summed E-state index contributed by atoms with van der Waals surface area (Å²) < 4.78 is 24.9. The number of carbonyl (C=O) groups excluding carboxylic acids is 3. The highest BCUT2D eigenvalue weighted by Gasteiger charge is 2.23. The Kier molecular flexibility index (Phi) is 7.53. The maximum Gasteiger partial charge on any atom is 0.255 e. The van der Waals surface area contributed by atoms with Crippen LogP contribution in [0.25, 0.3) is 0 Å². The number of ether oxygens (including phenoxy) is 2. The molecule has 0 aliphatic carbocycles. The number of rotatable bonds is 8. The van der Waals surface area contributed by atoms with Crippen molar-refractivity contribution in [3.63, 3.8) is 0 Å². The van der Waals surface area contributed by atoms with Crippen molar-refractivity contribution in [1.82, 2.24) is 4.98 Å². The topological polar surface area (TPSA) is 107 Å². The van der Waals surface area contributed by atoms with Crippen LogP contribution in [0, 0.1) is 5.82 Å². The number of pyridine rings is 1. The van der Waals surface area contributed by atoms with E-state index in [2.05, 4.69) is 15.6 Å². The van der Waals surface area contributed by atoms with E-state index in [9.17, 15) is 18.8 Å². The largest absolute Gasteiger partial charge is 0.496 e. The molecule has 4 rings (SSSR count). The number of hydrogen-bond donors (Lipinski definition) is 2. The molecule has 0 atom stereocenters. The van der Waals surface area contributed by atoms with Crippen LogP contribution in [0.4, 0.5) is 15.8 Å². The number of amides is 2. The molecule has 8 nitrogen and oxygen atoms in total. The fourth-order valence-electron chi connectivity index (χ4n) is 3.59. The molecule has 0 unspecified atom stereocenters. The summed E-state index contributed by atoms with van der Waals surface area (Å²) in [5, 5.41) is 5.53. The van der Waals surface area contributed by atoms with Crippen molar-refractivity contribution in [2.45, 2.75) is 0 Å². The first-order chi connectivity index (χ1) is 17.9. The Morgan fingerprint density at radius 3 is 1.70 bits per heavy atom. The summed E-state index contributed by atoms with van der Waals surface area (Å²) in [6.07, 6.45) is 3.02. The van der Waals surface area contributed by atoms with Gasteiger partial charge >= 0.3 is 0 Å². The maximum absolute atomic E-state index is 14.8. The van der Waals surface area contributed by atoms with Crippen LogP contribution >= 0.6 is 0 Å². The van der Waals surface area contributed by atoms with Crippen LogP contribution in [0.3, 0.4) is 0 Å². The predicted molar refractivity (Wildman–Crippen MR) is 136 cm³/mol. The second kappa shape index (κ2) is 11.1. The van der Waals surface area contributed by atoms with E-state index in [0.717, 1.165) is 0 Å². The minimum atomic E-state index is -0.834. The number of methoxy groups -OCH3 is 2. The Morgan fingerprint density at radius 1 is 0.676 bits per heavy atom. The van der Waals surface area contributed by atoms with Gasteiger partial charge in [0.2, 0.25) is 0 Å². The minimum Gasteiger partial charge on any atom is -0.496 e. The predicted octanol–water partition coefficient (Wildman–Crippen LogP) is 4.97. The molecule has 0 aliphatic rings. The van der Waals surface area contributed by atoms with E-state index in [1.54, 1.807) is 36.4 Å². The van der Waals surface area contributed by atoms with E-state index in [4.69, 9.17) is 9.47 Å². The van der Waals surface area contributed by atoms with Crippen LogP contribution in [-0.2, 0) is 0 Å². The standard InChI is InChI=1S/C28H22FN3O5/c1-36-22-11-12-23(37-2)25(29)24(22)26(33)17-7-9-18(10-8-17)27(34)31-20-5-3-4-6-21(20)32-28(35)19-13-15-30-16-14-19/h3-16H,1-2H3,(H,31,34)(H,32,35). The Hall–Kier alpha value is -5.05. The Bertz CT molecular complexity index is 1460. The van der Waals surface area contributed by atoms with Crippen LogP contribution in [-0.4, -0.2) is 36.8 Å². The van der Waals surface area contributed by atoms with Gasteiger partial charge < -0.3 is 20.1 Å². The number of carbonyl (C=O) groups is 3. The molecule has 2 amide bonds. The van der Waals surface area contributed by atoms with Crippen LogP contribution in [0.5, 0.6) is 11.5 Å². The highest BCUT2D eigenvalue weighted by atomic mass is 19.1. The van der Waals surface area contributed by atoms with Crippen molar-refractivity contribution in [2.75, 3.05) is 24.9 Å². The monoisotopic (exact) mass is 499 g/mol. The molecular formula is C28H22FN3O5. The molecule has 0 fully saturated rings. The molecule has 9 heteroatoms. The van der Waals surface area contributed by atoms with Gasteiger partial charge in [-0.3, -0.25) is 19.4 Å². The molecule has 0 saturated heterocycles. The number of para-hydroxylation sites is 2. The molecule has 186 valence electrons. The van der Waals surface area contributed by atoms with Gasteiger partial charge in [0.1, 0.15) is 11.3 Å². The number of benzene rings is 3. The van der Waals surface area contributed by atoms with Gasteiger partial charge in [-0.2, -0.15) is 0 Å². The lowest BCUT2D eigenvalue weighted by atomic mass is 10.00. The van der Waals surface area contributed by atoms with Crippen molar-refractivity contribution in [3.05, 3.63) is 113 Å². The molecule has 0 saturated carbocycles. The number of aromatic nitrogens is 1. The minimum absolute atomic E-state index is 0.0653. The van der Waals surface area contributed by atoms with E-state index in [0.29, 0.717) is 16.9 Å². The average Bonchev–Trinajstić information content (AvgIpc) is 2.94. The summed E-state index contributed by atoms with van der Waals surface area (Å²) in [5.41, 5.74) is 1.36. The molecular weight excluding hydrogens is 477 g/mol.